The number of nitrogens with one attached hydrogen (secondary N) is 1. The maximum Gasteiger partial charge on any atom is 0.354 e. The molecule has 4 aromatic rings. The lowest BCUT2D eigenvalue weighted by atomic mass is 9.98. The van der Waals surface area contributed by atoms with E-state index in [0.717, 1.165) is 10.8 Å². The monoisotopic (exact) mass is 578 g/mol. The summed E-state index contributed by atoms with van der Waals surface area (Å²) in [6.45, 7) is 3.85. The van der Waals surface area contributed by atoms with E-state index >= 15 is 0 Å². The fourth-order valence-corrected chi connectivity index (χ4v) is 5.41. The molecule has 3 aromatic carbocycles. The number of hydrazone groups is 1. The summed E-state index contributed by atoms with van der Waals surface area (Å²) in [6, 6.07) is 14.0. The molecule has 0 fully saturated rings. The fourth-order valence-electron chi connectivity index (χ4n) is 4.09. The molecule has 3 N–H and O–H groups in total. The van der Waals surface area contributed by atoms with Crippen molar-refractivity contribution in [1.29, 1.82) is 0 Å². The first kappa shape index (κ1) is 29.5. The summed E-state index contributed by atoms with van der Waals surface area (Å²) in [6.07, 6.45) is 4.73. The van der Waals surface area contributed by atoms with E-state index in [1.54, 1.807) is 50.4 Å². The van der Waals surface area contributed by atoms with Crippen molar-refractivity contribution in [3.05, 3.63) is 71.7 Å². The quantitative estimate of drug-likeness (QED) is 0.0980. The molecular weight excluding hydrogens is 547 g/mol. The van der Waals surface area contributed by atoms with E-state index in [1.165, 1.54) is 26.3 Å². The van der Waals surface area contributed by atoms with Crippen LogP contribution in [0.25, 0.3) is 28.0 Å². The van der Waals surface area contributed by atoms with Crippen LogP contribution in [0.4, 0.5) is 5.82 Å². The van der Waals surface area contributed by atoms with Crippen LogP contribution in [0.15, 0.2) is 65.6 Å². The van der Waals surface area contributed by atoms with Gasteiger partial charge in [-0.2, -0.15) is 10.2 Å². The van der Waals surface area contributed by atoms with Crippen LogP contribution in [0.1, 0.15) is 25.0 Å². The van der Waals surface area contributed by atoms with Crippen LogP contribution in [-0.2, 0) is 13.6 Å². The van der Waals surface area contributed by atoms with Crippen LogP contribution >= 0.6 is 7.60 Å². The van der Waals surface area contributed by atoms with Gasteiger partial charge in [-0.05, 0) is 55.3 Å². The molecule has 0 saturated heterocycles. The number of fused-ring (bicyclic) bond motifs is 1. The zero-order valence-electron chi connectivity index (χ0n) is 23.1. The van der Waals surface area contributed by atoms with Gasteiger partial charge in [0.15, 0.2) is 28.8 Å². The normalized spacial score (nSPS) is 11.9. The minimum Gasteiger partial charge on any atom is -0.504 e. The van der Waals surface area contributed by atoms with Gasteiger partial charge in [0.1, 0.15) is 0 Å². The van der Waals surface area contributed by atoms with Crippen molar-refractivity contribution in [2.45, 2.75) is 13.8 Å². The Labute approximate surface area is 237 Å². The minimum atomic E-state index is -3.48. The first-order valence-corrected chi connectivity index (χ1v) is 14.3. The molecule has 0 aliphatic rings. The second kappa shape index (κ2) is 13.3. The molecule has 0 unspecified atom stereocenters. The predicted molar refractivity (Wildman–Crippen MR) is 159 cm³/mol. The number of phenols is 2. The largest absolute Gasteiger partial charge is 0.504 e. The van der Waals surface area contributed by atoms with Crippen molar-refractivity contribution in [3.63, 3.8) is 0 Å². The fraction of sp³-hybridized carbons (Fsp3) is 0.207. The average molecular weight is 579 g/mol. The van der Waals surface area contributed by atoms with E-state index in [2.05, 4.69) is 20.7 Å². The van der Waals surface area contributed by atoms with Crippen molar-refractivity contribution >= 4 is 36.5 Å². The Morgan fingerprint density at radius 1 is 0.927 bits per heavy atom. The number of phenolic OH excluding ortho intramolecular Hbond substituents is 2. The standard InChI is InChI=1S/C29H31N4O7P/c1-5-39-41(36,40-6-2)12-11-19-13-23(27(34)25(15-19)37-3)24-14-20(16-26(38-4)28(24)35)17-30-32-29-22-10-8-7-9-21(22)18-31-33-29/h7-18,34-35H,5-6H2,1-4H3,(H,32,33)/b12-11+,30-17+. The number of ether oxygens (including phenoxy) is 2. The molecule has 1 heterocycles. The second-order valence-corrected chi connectivity index (χ2v) is 10.5. The molecule has 0 atom stereocenters. The van der Waals surface area contributed by atoms with Crippen molar-refractivity contribution in [3.8, 4) is 34.1 Å². The predicted octanol–water partition coefficient (Wildman–Crippen LogP) is 6.41. The van der Waals surface area contributed by atoms with Crippen molar-refractivity contribution in [2.24, 2.45) is 5.10 Å². The molecule has 214 valence electrons. The molecule has 0 bridgehead atoms. The van der Waals surface area contributed by atoms with E-state index in [-0.39, 0.29) is 47.3 Å². The molecule has 4 rings (SSSR count). The maximum absolute atomic E-state index is 12.9. The van der Waals surface area contributed by atoms with Gasteiger partial charge < -0.3 is 28.7 Å². The highest BCUT2D eigenvalue weighted by Gasteiger charge is 2.21. The second-order valence-electron chi connectivity index (χ2n) is 8.58. The average Bonchev–Trinajstić information content (AvgIpc) is 2.98. The van der Waals surface area contributed by atoms with E-state index in [1.807, 2.05) is 24.3 Å². The number of anilines is 1. The number of aromatic hydroxyl groups is 2. The lowest BCUT2D eigenvalue weighted by Gasteiger charge is -2.15. The Balaban J connectivity index is 1.73. The molecule has 12 heteroatoms. The van der Waals surface area contributed by atoms with Gasteiger partial charge in [0.25, 0.3) is 0 Å². The van der Waals surface area contributed by atoms with Gasteiger partial charge in [-0.25, -0.2) is 0 Å². The number of methoxy groups -OCH3 is 2. The first-order valence-electron chi connectivity index (χ1n) is 12.7. The number of benzene rings is 3. The molecule has 11 nitrogen and oxygen atoms in total. The van der Waals surface area contributed by atoms with Crippen LogP contribution < -0.4 is 14.9 Å². The molecule has 0 aliphatic heterocycles. The number of aromatic nitrogens is 2. The van der Waals surface area contributed by atoms with E-state index in [4.69, 9.17) is 18.5 Å². The Hall–Kier alpha value is -4.44. The zero-order valence-corrected chi connectivity index (χ0v) is 24.0. The minimum absolute atomic E-state index is 0.137. The molecule has 1 aromatic heterocycles. The van der Waals surface area contributed by atoms with Gasteiger partial charge in [-0.1, -0.05) is 24.3 Å². The third-order valence-corrected chi connectivity index (χ3v) is 7.70. The Bertz CT molecular complexity index is 1630. The summed E-state index contributed by atoms with van der Waals surface area (Å²) < 4.78 is 34.3. The lowest BCUT2D eigenvalue weighted by Crippen LogP contribution is -1.97. The van der Waals surface area contributed by atoms with Gasteiger partial charge >= 0.3 is 7.60 Å². The van der Waals surface area contributed by atoms with E-state index in [0.29, 0.717) is 16.9 Å². The van der Waals surface area contributed by atoms with Gasteiger partial charge in [0.2, 0.25) is 0 Å². The Morgan fingerprint density at radius 2 is 1.54 bits per heavy atom. The first-order chi connectivity index (χ1) is 19.8. The highest BCUT2D eigenvalue weighted by atomic mass is 31.2. The number of hydrogen-bond acceptors (Lipinski definition) is 11. The molecule has 0 radical (unpaired) electrons. The Morgan fingerprint density at radius 3 is 2.17 bits per heavy atom. The van der Waals surface area contributed by atoms with E-state index in [9.17, 15) is 14.8 Å². The summed E-state index contributed by atoms with van der Waals surface area (Å²) in [7, 11) is -0.654. The summed E-state index contributed by atoms with van der Waals surface area (Å²) >= 11 is 0. The molecule has 0 spiro atoms. The zero-order chi connectivity index (χ0) is 29.4. The van der Waals surface area contributed by atoms with Gasteiger partial charge in [-0.3, -0.25) is 9.99 Å². The summed E-state index contributed by atoms with van der Waals surface area (Å²) in [4.78, 5) is 0. The highest BCUT2D eigenvalue weighted by molar-refractivity contribution is 7.57. The van der Waals surface area contributed by atoms with Crippen molar-refractivity contribution in [2.75, 3.05) is 32.9 Å². The smallest absolute Gasteiger partial charge is 0.354 e. The lowest BCUT2D eigenvalue weighted by molar-refractivity contribution is 0.229. The highest BCUT2D eigenvalue weighted by Crippen LogP contribution is 2.51. The van der Waals surface area contributed by atoms with Gasteiger partial charge in [0.05, 0.1) is 39.8 Å². The topological polar surface area (TPSA) is 145 Å². The third kappa shape index (κ3) is 6.83. The summed E-state index contributed by atoms with van der Waals surface area (Å²) in [5, 5.41) is 36.2. The third-order valence-electron chi connectivity index (χ3n) is 5.95. The molecule has 0 amide bonds. The SMILES string of the molecule is CCOP(=O)(/C=C/c1cc(OC)c(O)c(-c2cc(/C=N/Nc3nncc4ccccc34)cc(OC)c2O)c1)OCC. The van der Waals surface area contributed by atoms with Crippen LogP contribution in [0.2, 0.25) is 0 Å². The molecule has 41 heavy (non-hydrogen) atoms. The molecular formula is C29H31N4O7P. The van der Waals surface area contributed by atoms with Gasteiger partial charge in [0, 0.05) is 27.7 Å². The maximum atomic E-state index is 12.9. The number of nitrogens with zero attached hydrogens (tertiary/aromatic N) is 3. The van der Waals surface area contributed by atoms with Crippen LogP contribution in [0, 0.1) is 0 Å². The van der Waals surface area contributed by atoms with Crippen LogP contribution in [0.5, 0.6) is 23.0 Å². The summed E-state index contributed by atoms with van der Waals surface area (Å²) in [5.41, 5.74) is 4.46. The molecule has 0 aliphatic carbocycles. The number of rotatable bonds is 12. The van der Waals surface area contributed by atoms with Crippen molar-refractivity contribution < 1.29 is 33.3 Å². The van der Waals surface area contributed by atoms with E-state index < -0.39 is 7.60 Å². The Kier molecular flexibility index (Phi) is 9.57. The van der Waals surface area contributed by atoms with Crippen LogP contribution in [-0.4, -0.2) is 54.1 Å². The van der Waals surface area contributed by atoms with Gasteiger partial charge in [-0.15, -0.1) is 5.10 Å². The van der Waals surface area contributed by atoms with Crippen molar-refractivity contribution in [1.82, 2.24) is 10.2 Å². The summed E-state index contributed by atoms with van der Waals surface area (Å²) in [5.74, 6) is 1.71. The number of hydrogen-bond donors (Lipinski definition) is 3. The molecule has 0 saturated carbocycles. The van der Waals surface area contributed by atoms with Crippen LogP contribution in [0.3, 0.4) is 0 Å².